The standard InChI is InChI=1S/C24H31N3O4/c28-22-7-6-18(14-23(22)29)16-27-17-20-5-2-1-4-19(20)15-21(27)24(30)25-8-3-9-26-10-12-31-13-11-26/h1-2,4-7,14,21,28-29H,3,8-13,15-17H2,(H,25,30). The number of phenolic OH excluding ortho intramolecular Hbond substituents is 2. The SMILES string of the molecule is O=C(NCCCN1CCOCC1)C1Cc2ccccc2CN1Cc1ccc(O)c(O)c1. The van der Waals surface area contributed by atoms with E-state index in [2.05, 4.69) is 27.2 Å². The molecule has 1 saturated heterocycles. The van der Waals surface area contributed by atoms with Crippen LogP contribution in [0.25, 0.3) is 0 Å². The second-order valence-corrected chi connectivity index (χ2v) is 8.32. The number of amides is 1. The number of nitrogens with zero attached hydrogens (tertiary/aromatic N) is 2. The van der Waals surface area contributed by atoms with Crippen molar-refractivity contribution in [3.05, 3.63) is 59.2 Å². The summed E-state index contributed by atoms with van der Waals surface area (Å²) in [6.45, 7) is 6.31. The summed E-state index contributed by atoms with van der Waals surface area (Å²) in [6.07, 6.45) is 1.58. The highest BCUT2D eigenvalue weighted by Crippen LogP contribution is 2.29. The number of morpholine rings is 1. The predicted octanol–water partition coefficient (Wildman–Crippen LogP) is 1.86. The molecule has 2 aromatic carbocycles. The highest BCUT2D eigenvalue weighted by Gasteiger charge is 2.31. The Hall–Kier alpha value is -2.61. The van der Waals surface area contributed by atoms with E-state index in [1.54, 1.807) is 12.1 Å². The van der Waals surface area contributed by atoms with Gasteiger partial charge in [0.1, 0.15) is 0 Å². The quantitative estimate of drug-likeness (QED) is 0.464. The van der Waals surface area contributed by atoms with Crippen LogP contribution in [-0.4, -0.2) is 71.4 Å². The molecule has 0 spiro atoms. The smallest absolute Gasteiger partial charge is 0.237 e. The van der Waals surface area contributed by atoms with Gasteiger partial charge < -0.3 is 20.3 Å². The summed E-state index contributed by atoms with van der Waals surface area (Å²) in [7, 11) is 0. The molecule has 1 fully saturated rings. The lowest BCUT2D eigenvalue weighted by molar-refractivity contribution is -0.127. The van der Waals surface area contributed by atoms with Crippen LogP contribution in [0.15, 0.2) is 42.5 Å². The minimum absolute atomic E-state index is 0.0412. The molecule has 1 unspecified atom stereocenters. The average molecular weight is 426 g/mol. The van der Waals surface area contributed by atoms with Crippen molar-refractivity contribution in [3.8, 4) is 11.5 Å². The Morgan fingerprint density at radius 2 is 1.84 bits per heavy atom. The van der Waals surface area contributed by atoms with Crippen molar-refractivity contribution in [2.75, 3.05) is 39.4 Å². The van der Waals surface area contributed by atoms with Crippen LogP contribution in [0.2, 0.25) is 0 Å². The zero-order chi connectivity index (χ0) is 21.6. The van der Waals surface area contributed by atoms with Gasteiger partial charge in [0.05, 0.1) is 19.3 Å². The van der Waals surface area contributed by atoms with Crippen LogP contribution >= 0.6 is 0 Å². The number of hydrogen-bond acceptors (Lipinski definition) is 6. The van der Waals surface area contributed by atoms with Crippen LogP contribution in [0, 0.1) is 0 Å². The zero-order valence-corrected chi connectivity index (χ0v) is 17.8. The molecular weight excluding hydrogens is 394 g/mol. The van der Waals surface area contributed by atoms with Crippen molar-refractivity contribution in [1.29, 1.82) is 0 Å². The third kappa shape index (κ3) is 5.55. The van der Waals surface area contributed by atoms with Gasteiger partial charge in [0, 0.05) is 32.7 Å². The van der Waals surface area contributed by atoms with Gasteiger partial charge in [-0.3, -0.25) is 14.6 Å². The Morgan fingerprint density at radius 3 is 2.61 bits per heavy atom. The highest BCUT2D eigenvalue weighted by atomic mass is 16.5. The van der Waals surface area contributed by atoms with E-state index < -0.39 is 0 Å². The maximum atomic E-state index is 13.1. The predicted molar refractivity (Wildman–Crippen MR) is 118 cm³/mol. The Morgan fingerprint density at radius 1 is 1.06 bits per heavy atom. The second-order valence-electron chi connectivity index (χ2n) is 8.32. The third-order valence-corrected chi connectivity index (χ3v) is 6.13. The van der Waals surface area contributed by atoms with Gasteiger partial charge in [-0.1, -0.05) is 30.3 Å². The van der Waals surface area contributed by atoms with Crippen molar-refractivity contribution in [1.82, 2.24) is 15.1 Å². The molecule has 0 radical (unpaired) electrons. The Balaban J connectivity index is 1.39. The minimum Gasteiger partial charge on any atom is -0.504 e. The molecule has 0 aromatic heterocycles. The van der Waals surface area contributed by atoms with Gasteiger partial charge in [0.2, 0.25) is 5.91 Å². The van der Waals surface area contributed by atoms with Crippen molar-refractivity contribution in [2.24, 2.45) is 0 Å². The Labute approximate surface area is 183 Å². The Bertz CT molecular complexity index is 898. The Kier molecular flexibility index (Phi) is 7.06. The molecule has 3 N–H and O–H groups in total. The van der Waals surface area contributed by atoms with E-state index in [-0.39, 0.29) is 23.4 Å². The first-order chi connectivity index (χ1) is 15.1. The monoisotopic (exact) mass is 425 g/mol. The number of fused-ring (bicyclic) bond motifs is 1. The summed E-state index contributed by atoms with van der Waals surface area (Å²) in [5.74, 6) is -0.235. The average Bonchev–Trinajstić information content (AvgIpc) is 2.79. The first kappa shape index (κ1) is 21.6. The van der Waals surface area contributed by atoms with E-state index >= 15 is 0 Å². The molecule has 1 atom stereocenters. The molecule has 1 amide bonds. The normalized spacial score (nSPS) is 19.7. The molecule has 0 bridgehead atoms. The van der Waals surface area contributed by atoms with Crippen LogP contribution in [0.3, 0.4) is 0 Å². The highest BCUT2D eigenvalue weighted by molar-refractivity contribution is 5.82. The van der Waals surface area contributed by atoms with Crippen LogP contribution in [0.1, 0.15) is 23.1 Å². The first-order valence-electron chi connectivity index (χ1n) is 11.0. The van der Waals surface area contributed by atoms with Crippen LogP contribution < -0.4 is 5.32 Å². The molecule has 31 heavy (non-hydrogen) atoms. The summed E-state index contributed by atoms with van der Waals surface area (Å²) in [6, 6.07) is 12.8. The van der Waals surface area contributed by atoms with Gasteiger partial charge in [0.15, 0.2) is 11.5 Å². The van der Waals surface area contributed by atoms with E-state index in [9.17, 15) is 15.0 Å². The number of benzene rings is 2. The molecule has 166 valence electrons. The lowest BCUT2D eigenvalue weighted by Gasteiger charge is -2.36. The summed E-state index contributed by atoms with van der Waals surface area (Å²) in [5, 5.41) is 22.6. The third-order valence-electron chi connectivity index (χ3n) is 6.13. The fourth-order valence-electron chi connectivity index (χ4n) is 4.36. The van der Waals surface area contributed by atoms with Gasteiger partial charge >= 0.3 is 0 Å². The van der Waals surface area contributed by atoms with Gasteiger partial charge in [0.25, 0.3) is 0 Å². The van der Waals surface area contributed by atoms with Gasteiger partial charge in [-0.25, -0.2) is 0 Å². The fourth-order valence-corrected chi connectivity index (χ4v) is 4.36. The van der Waals surface area contributed by atoms with E-state index in [4.69, 9.17) is 4.74 Å². The van der Waals surface area contributed by atoms with Crippen molar-refractivity contribution >= 4 is 5.91 Å². The topological polar surface area (TPSA) is 85.3 Å². The van der Waals surface area contributed by atoms with Crippen molar-refractivity contribution < 1.29 is 19.7 Å². The van der Waals surface area contributed by atoms with E-state index in [0.717, 1.165) is 44.8 Å². The number of rotatable bonds is 7. The van der Waals surface area contributed by atoms with Crippen LogP contribution in [0.5, 0.6) is 11.5 Å². The maximum absolute atomic E-state index is 13.1. The second kappa shape index (κ2) is 10.1. The molecule has 0 aliphatic carbocycles. The summed E-state index contributed by atoms with van der Waals surface area (Å²) in [4.78, 5) is 17.6. The number of hydrogen-bond donors (Lipinski definition) is 3. The number of aromatic hydroxyl groups is 2. The van der Waals surface area contributed by atoms with Crippen molar-refractivity contribution in [3.63, 3.8) is 0 Å². The number of ether oxygens (including phenoxy) is 1. The van der Waals surface area contributed by atoms with Crippen molar-refractivity contribution in [2.45, 2.75) is 32.0 Å². The van der Waals surface area contributed by atoms with E-state index in [1.165, 1.54) is 17.2 Å². The summed E-state index contributed by atoms with van der Waals surface area (Å²) >= 11 is 0. The molecular formula is C24H31N3O4. The number of nitrogens with one attached hydrogen (secondary N) is 1. The van der Waals surface area contributed by atoms with Gasteiger partial charge in [-0.2, -0.15) is 0 Å². The number of carbonyl (C=O) groups is 1. The number of carbonyl (C=O) groups excluding carboxylic acids is 1. The summed E-state index contributed by atoms with van der Waals surface area (Å²) in [5.41, 5.74) is 3.29. The van der Waals surface area contributed by atoms with E-state index in [0.29, 0.717) is 26.1 Å². The minimum atomic E-state index is -0.269. The molecule has 2 heterocycles. The zero-order valence-electron chi connectivity index (χ0n) is 17.8. The lowest BCUT2D eigenvalue weighted by atomic mass is 9.93. The fraction of sp³-hybridized carbons (Fsp3) is 0.458. The summed E-state index contributed by atoms with van der Waals surface area (Å²) < 4.78 is 5.38. The molecule has 7 nitrogen and oxygen atoms in total. The largest absolute Gasteiger partial charge is 0.504 e. The van der Waals surface area contributed by atoms with E-state index in [1.807, 2.05) is 12.1 Å². The first-order valence-corrected chi connectivity index (χ1v) is 11.0. The molecule has 2 aliphatic heterocycles. The molecule has 2 aliphatic rings. The molecule has 4 rings (SSSR count). The molecule has 7 heteroatoms. The van der Waals surface area contributed by atoms with Crippen LogP contribution in [0.4, 0.5) is 0 Å². The van der Waals surface area contributed by atoms with Crippen LogP contribution in [-0.2, 0) is 29.0 Å². The lowest BCUT2D eigenvalue weighted by Crippen LogP contribution is -2.50. The van der Waals surface area contributed by atoms with Gasteiger partial charge in [-0.15, -0.1) is 0 Å². The maximum Gasteiger partial charge on any atom is 0.237 e. The molecule has 0 saturated carbocycles. The molecule has 2 aromatic rings. The number of phenols is 2. The van der Waals surface area contributed by atoms with Gasteiger partial charge in [-0.05, 0) is 48.2 Å².